The van der Waals surface area contributed by atoms with Crippen LogP contribution in [0.3, 0.4) is 0 Å². The predicted octanol–water partition coefficient (Wildman–Crippen LogP) is 11.4. The fourth-order valence-electron chi connectivity index (χ4n) is 6.79. The van der Waals surface area contributed by atoms with E-state index in [4.69, 9.17) is 11.0 Å². The molecule has 5 aromatic carbocycles. The molecule has 0 spiro atoms. The van der Waals surface area contributed by atoms with Crippen molar-refractivity contribution in [2.45, 2.75) is 53.9 Å². The van der Waals surface area contributed by atoms with Crippen LogP contribution in [0, 0.1) is 31.3 Å². The Hall–Kier alpha value is -4.73. The van der Waals surface area contributed by atoms with Gasteiger partial charge in [-0.15, -0.1) is 65.2 Å². The third kappa shape index (κ3) is 8.42. The second-order valence-electron chi connectivity index (χ2n) is 14.7. The summed E-state index contributed by atoms with van der Waals surface area (Å²) in [5.41, 5.74) is 9.70. The minimum atomic E-state index is -2.31. The summed E-state index contributed by atoms with van der Waals surface area (Å²) in [7, 11) is -1.92. The molecule has 0 amide bonds. The van der Waals surface area contributed by atoms with Crippen LogP contribution in [0.5, 0.6) is 0 Å². The van der Waals surface area contributed by atoms with Gasteiger partial charge in [0.05, 0.1) is 0 Å². The topological polar surface area (TPSA) is 25.8 Å². The number of rotatable bonds is 5. The van der Waals surface area contributed by atoms with E-state index in [2.05, 4.69) is 71.6 Å². The van der Waals surface area contributed by atoms with E-state index in [1.807, 2.05) is 87.5 Å². The first kappa shape index (κ1) is 28.7. The molecule has 0 fully saturated rings. The number of fused-ring (bicyclic) bond motifs is 3. The van der Waals surface area contributed by atoms with Crippen LogP contribution in [-0.4, -0.2) is 18.0 Å². The van der Waals surface area contributed by atoms with Gasteiger partial charge in [-0.25, -0.2) is 0 Å². The molecule has 8 rings (SSSR count). The minimum absolute atomic E-state index is 0. The van der Waals surface area contributed by atoms with E-state index < -0.39 is 33.6 Å². The maximum atomic E-state index is 8.39. The molecule has 1 radical (unpaired) electrons. The maximum absolute atomic E-state index is 8.39. The molecule has 2 nitrogen and oxygen atoms in total. The van der Waals surface area contributed by atoms with Crippen molar-refractivity contribution < 1.29 is 31.1 Å². The summed E-state index contributed by atoms with van der Waals surface area (Å²) in [5.74, 6) is 0. The number of hydrogen-bond acceptors (Lipinski definition) is 2. The molecule has 0 atom stereocenters. The average molecular weight is 891 g/mol. The van der Waals surface area contributed by atoms with Crippen LogP contribution >= 0.6 is 0 Å². The predicted molar refractivity (Wildman–Crippen MR) is 223 cm³/mol. The first-order chi connectivity index (χ1) is 28.2. The molecular weight excluding hydrogens is 837 g/mol. The molecule has 0 saturated carbocycles. The van der Waals surface area contributed by atoms with Gasteiger partial charge in [-0.2, -0.15) is 0 Å². The zero-order valence-electron chi connectivity index (χ0n) is 38.5. The number of nitrogens with zero attached hydrogens (tertiary/aromatic N) is 2. The Balaban J connectivity index is 0.000000212. The summed E-state index contributed by atoms with van der Waals surface area (Å²) in [5, 5.41) is 2.69. The Morgan fingerprint density at radius 1 is 0.660 bits per heavy atom. The van der Waals surface area contributed by atoms with Gasteiger partial charge in [-0.1, -0.05) is 131 Å². The van der Waals surface area contributed by atoms with Gasteiger partial charge in [0.1, 0.15) is 8.07 Å². The van der Waals surface area contributed by atoms with Gasteiger partial charge < -0.3 is 9.97 Å². The molecular formula is C49H46IrN2Si-2. The summed E-state index contributed by atoms with van der Waals surface area (Å²) < 4.78 is 63.8. The minimum Gasteiger partial charge on any atom is -0.305 e. The van der Waals surface area contributed by atoms with Crippen LogP contribution in [0.4, 0.5) is 0 Å². The Morgan fingerprint density at radius 3 is 2.15 bits per heavy atom. The number of hydrogen-bond donors (Lipinski definition) is 0. The molecule has 267 valence electrons. The van der Waals surface area contributed by atoms with E-state index >= 15 is 0 Å². The van der Waals surface area contributed by atoms with Crippen molar-refractivity contribution in [3.8, 4) is 55.9 Å². The molecule has 1 aliphatic heterocycles. The van der Waals surface area contributed by atoms with Crippen molar-refractivity contribution in [3.05, 3.63) is 169 Å². The average Bonchev–Trinajstić information content (AvgIpc) is 3.45. The summed E-state index contributed by atoms with van der Waals surface area (Å²) >= 11 is 0. The Bertz CT molecular complexity index is 2650. The number of aryl methyl sites for hydroxylation is 2. The standard InChI is InChI=1S/C27H24NSi.C22H22N.Ir/c1-18-9-14-25(28-17-18)21-11-10-19(2)24(15-21)20-12-13-23-22-7-5-6-8-26(22)29(3,4)27(23)16-20;1-22(2,3)16-17-9-11-18(12-10-17)20-13-14-23-21(15-20)19-7-5-4-6-8-19;/h5-10,12-17H,1-4H3;4-7,9-15H,16H2,1-3H3;/q2*-1;/i1D3,2D3;16D2;. The molecule has 3 heterocycles. The molecule has 0 N–H and O–H groups in total. The van der Waals surface area contributed by atoms with Gasteiger partial charge in [-0.05, 0) is 85.4 Å². The van der Waals surface area contributed by atoms with Crippen molar-refractivity contribution in [1.29, 1.82) is 0 Å². The number of pyridine rings is 2. The first-order valence-corrected chi connectivity index (χ1v) is 20.5. The van der Waals surface area contributed by atoms with Gasteiger partial charge >= 0.3 is 0 Å². The third-order valence-corrected chi connectivity index (χ3v) is 12.9. The molecule has 7 aromatic rings. The van der Waals surface area contributed by atoms with Gasteiger partial charge in [0, 0.05) is 43.5 Å². The smallest absolute Gasteiger partial charge is 0.113 e. The SMILES string of the molecule is [2H]C([2H])([2H])c1ccc(-c2[c-]cc(C([2H])([2H])[2H])c(-c3ccc4c(c3)[Si](C)(C)c3ccccc3-4)c2)nc1.[2H]C([2H])(c1ccc(-c2ccnc(-c3[c-]cccc3)c2)cc1)C(C)(C)C.[Ir]. The molecule has 0 saturated heterocycles. The van der Waals surface area contributed by atoms with Crippen LogP contribution in [0.15, 0.2) is 140 Å². The van der Waals surface area contributed by atoms with Crippen LogP contribution in [0.25, 0.3) is 55.9 Å². The second-order valence-corrected chi connectivity index (χ2v) is 19.0. The van der Waals surface area contributed by atoms with Gasteiger partial charge in [0.25, 0.3) is 0 Å². The van der Waals surface area contributed by atoms with Crippen molar-refractivity contribution in [1.82, 2.24) is 9.97 Å². The molecule has 2 aromatic heterocycles. The van der Waals surface area contributed by atoms with Crippen LogP contribution in [0.2, 0.25) is 13.1 Å². The van der Waals surface area contributed by atoms with Crippen molar-refractivity contribution in [2.75, 3.05) is 0 Å². The number of aromatic nitrogens is 2. The number of benzene rings is 5. The van der Waals surface area contributed by atoms with Gasteiger partial charge in [0.2, 0.25) is 0 Å². The Morgan fingerprint density at radius 2 is 1.43 bits per heavy atom. The first-order valence-electron chi connectivity index (χ1n) is 21.5. The fourth-order valence-corrected chi connectivity index (χ4v) is 9.89. The van der Waals surface area contributed by atoms with Crippen molar-refractivity contribution in [2.24, 2.45) is 5.41 Å². The van der Waals surface area contributed by atoms with Crippen LogP contribution in [0.1, 0.15) is 48.4 Å². The van der Waals surface area contributed by atoms with Crippen molar-refractivity contribution in [3.63, 3.8) is 0 Å². The molecule has 0 unspecified atom stereocenters. The Kier molecular flexibility index (Phi) is 8.51. The van der Waals surface area contributed by atoms with Crippen LogP contribution in [-0.2, 0) is 26.5 Å². The van der Waals surface area contributed by atoms with E-state index in [-0.39, 0.29) is 31.2 Å². The monoisotopic (exact) mass is 891 g/mol. The van der Waals surface area contributed by atoms with E-state index in [0.29, 0.717) is 22.4 Å². The fraction of sp³-hybridized carbons (Fsp3) is 0.184. The Labute approximate surface area is 342 Å². The summed E-state index contributed by atoms with van der Waals surface area (Å²) in [6, 6.07) is 47.0. The zero-order chi connectivity index (χ0) is 43.3. The molecule has 4 heteroatoms. The van der Waals surface area contributed by atoms with Crippen molar-refractivity contribution >= 4 is 18.4 Å². The normalized spacial score (nSPS) is 15.5. The quantitative estimate of drug-likeness (QED) is 0.127. The maximum Gasteiger partial charge on any atom is 0.113 e. The third-order valence-electron chi connectivity index (χ3n) is 9.37. The molecule has 0 aliphatic carbocycles. The molecule has 1 aliphatic rings. The second kappa shape index (κ2) is 15.7. The largest absolute Gasteiger partial charge is 0.305 e. The van der Waals surface area contributed by atoms with Crippen LogP contribution < -0.4 is 10.4 Å². The van der Waals surface area contributed by atoms with Gasteiger partial charge in [-0.3, -0.25) is 0 Å². The summed E-state index contributed by atoms with van der Waals surface area (Å²) in [6.07, 6.45) is 1.76. The molecule has 53 heavy (non-hydrogen) atoms. The van der Waals surface area contributed by atoms with E-state index in [1.165, 1.54) is 39.8 Å². The zero-order valence-corrected chi connectivity index (χ0v) is 33.9. The summed E-state index contributed by atoms with van der Waals surface area (Å²) in [6.45, 7) is 5.88. The van der Waals surface area contributed by atoms with E-state index in [1.54, 1.807) is 18.3 Å². The molecule has 0 bridgehead atoms. The summed E-state index contributed by atoms with van der Waals surface area (Å²) in [4.78, 5) is 8.76. The van der Waals surface area contributed by atoms with Gasteiger partial charge in [0.15, 0.2) is 0 Å². The van der Waals surface area contributed by atoms with E-state index in [0.717, 1.165) is 27.9 Å². The van der Waals surface area contributed by atoms with E-state index in [9.17, 15) is 0 Å².